The van der Waals surface area contributed by atoms with Crippen molar-refractivity contribution in [2.75, 3.05) is 42.3 Å². The molecule has 68 heavy (non-hydrogen) atoms. The molecule has 2 heteroatoms. The maximum absolute atomic E-state index is 2.50. The summed E-state index contributed by atoms with van der Waals surface area (Å²) < 4.78 is 1.71. The highest BCUT2D eigenvalue weighted by Gasteiger charge is 2.20. The summed E-state index contributed by atoms with van der Waals surface area (Å²) in [4.78, 5) is 0. The quantitative estimate of drug-likeness (QED) is 0.133. The minimum Gasteiger partial charge on any atom is -0.327 e. The highest BCUT2D eigenvalue weighted by Crippen LogP contribution is 2.46. The normalized spacial score (nSPS) is 12.1. The van der Waals surface area contributed by atoms with Gasteiger partial charge in [-0.15, -0.1) is 0 Å². The number of hydrogen-bond acceptors (Lipinski definition) is 0. The Morgan fingerprint density at radius 3 is 1.46 bits per heavy atom. The van der Waals surface area contributed by atoms with E-state index in [4.69, 9.17) is 0 Å². The van der Waals surface area contributed by atoms with Crippen LogP contribution in [-0.4, -0.2) is 51.3 Å². The maximum Gasteiger partial charge on any atom is 0.104 e. The van der Waals surface area contributed by atoms with Gasteiger partial charge in [-0.05, 0) is 160 Å². The predicted molar refractivity (Wildman–Crippen MR) is 296 cm³/mol. The van der Waals surface area contributed by atoms with Crippen molar-refractivity contribution in [3.63, 3.8) is 0 Å². The van der Waals surface area contributed by atoms with E-state index in [1.807, 2.05) is 0 Å². The number of rotatable bonds is 8. The van der Waals surface area contributed by atoms with Gasteiger partial charge < -0.3 is 8.97 Å². The molecule has 0 fully saturated rings. The summed E-state index contributed by atoms with van der Waals surface area (Å²) in [6.45, 7) is 10.9. The van der Waals surface area contributed by atoms with Gasteiger partial charge in [0, 0.05) is 11.1 Å². The Labute approximate surface area is 403 Å². The second kappa shape index (κ2) is 17.5. The van der Waals surface area contributed by atoms with Crippen LogP contribution in [0, 0.1) is 27.7 Å². The van der Waals surface area contributed by atoms with Crippen LogP contribution in [0.1, 0.15) is 33.4 Å². The molecule has 6 bridgehead atoms. The Morgan fingerprint density at radius 1 is 0.309 bits per heavy atom. The minimum atomic E-state index is 0.826. The first-order valence-corrected chi connectivity index (χ1v) is 24.2. The van der Waals surface area contributed by atoms with E-state index in [1.54, 1.807) is 0 Å². The average molecular weight is 885 g/mol. The fourth-order valence-electron chi connectivity index (χ4n) is 10.7. The van der Waals surface area contributed by atoms with E-state index in [2.05, 4.69) is 252 Å². The molecule has 11 rings (SSSR count). The maximum atomic E-state index is 2.50. The van der Waals surface area contributed by atoms with Crippen LogP contribution in [0.3, 0.4) is 0 Å². The van der Waals surface area contributed by atoms with Crippen molar-refractivity contribution < 1.29 is 8.97 Å². The van der Waals surface area contributed by atoms with Gasteiger partial charge >= 0.3 is 0 Å². The second-order valence-corrected chi connectivity index (χ2v) is 21.4. The van der Waals surface area contributed by atoms with Crippen LogP contribution in [0.4, 0.5) is 0 Å². The van der Waals surface area contributed by atoms with Crippen molar-refractivity contribution in [1.29, 1.82) is 0 Å². The first kappa shape index (κ1) is 44.7. The summed E-state index contributed by atoms with van der Waals surface area (Å²) in [5.41, 5.74) is 17.7. The fraction of sp³-hybridized carbons (Fsp3) is 0.182. The van der Waals surface area contributed by atoms with E-state index in [9.17, 15) is 0 Å². The van der Waals surface area contributed by atoms with Gasteiger partial charge in [0.2, 0.25) is 0 Å². The Balaban J connectivity index is 1.44. The SMILES string of the molecule is Cc1ccc(-c2c(C)cc3c4ccc(C[N+](C)(C)C)c(c4)c4cc(ccc4C)c4ccc(-c5ccc(C[N+](C)(C)C)cc5)c(-c5ccccc5)c4c4ccc(cc4)c3c2-c2ccccc2)cc1C. The molecule has 0 radical (unpaired) electrons. The molecule has 336 valence electrons. The predicted octanol–water partition coefficient (Wildman–Crippen LogP) is 16.9. The Hall–Kier alpha value is -7.10. The number of benzene rings is 9. The van der Waals surface area contributed by atoms with Gasteiger partial charge in [0.05, 0.1) is 42.3 Å². The second-order valence-electron chi connectivity index (χ2n) is 21.4. The first-order valence-electron chi connectivity index (χ1n) is 24.2. The molecule has 0 aliphatic carbocycles. The smallest absolute Gasteiger partial charge is 0.104 e. The molecule has 0 aliphatic heterocycles. The molecule has 11 aromatic rings. The Morgan fingerprint density at radius 2 is 0.838 bits per heavy atom. The number of quaternary nitrogens is 2. The Kier molecular flexibility index (Phi) is 11.5. The highest BCUT2D eigenvalue weighted by molar-refractivity contribution is 6.20. The number of fused-ring (bicyclic) bond motifs is 2. The van der Waals surface area contributed by atoms with Gasteiger partial charge in [0.25, 0.3) is 0 Å². The third-order valence-electron chi connectivity index (χ3n) is 13.9. The van der Waals surface area contributed by atoms with Gasteiger partial charge in [-0.25, -0.2) is 0 Å². The molecule has 11 aromatic carbocycles. The third-order valence-corrected chi connectivity index (χ3v) is 13.9. The van der Waals surface area contributed by atoms with Gasteiger partial charge in [-0.1, -0.05) is 170 Å². The van der Waals surface area contributed by atoms with E-state index >= 15 is 0 Å². The number of nitrogens with zero attached hydrogens (tertiary/aromatic N) is 2. The van der Waals surface area contributed by atoms with Crippen molar-refractivity contribution >= 4 is 53.9 Å². The third kappa shape index (κ3) is 8.67. The lowest BCUT2D eigenvalue weighted by molar-refractivity contribution is -0.884. The van der Waals surface area contributed by atoms with Crippen LogP contribution in [0.15, 0.2) is 182 Å². The molecule has 0 aromatic heterocycles. The molecule has 0 saturated heterocycles. The lowest BCUT2D eigenvalue weighted by Gasteiger charge is -2.25. The largest absolute Gasteiger partial charge is 0.327 e. The van der Waals surface area contributed by atoms with E-state index in [0.29, 0.717) is 0 Å². The molecule has 0 atom stereocenters. The molecule has 0 unspecified atom stereocenters. The molecule has 0 N–H and O–H groups in total. The van der Waals surface area contributed by atoms with Gasteiger partial charge in [0.15, 0.2) is 0 Å². The number of aryl methyl sites for hydroxylation is 4. The Bertz CT molecular complexity index is 3620. The molecular formula is C66H64N2+2. The van der Waals surface area contributed by atoms with Crippen LogP contribution < -0.4 is 0 Å². The van der Waals surface area contributed by atoms with Gasteiger partial charge in [-0.2, -0.15) is 0 Å². The monoisotopic (exact) mass is 885 g/mol. The summed E-state index contributed by atoms with van der Waals surface area (Å²) in [7, 11) is 13.7. The fourth-order valence-corrected chi connectivity index (χ4v) is 10.7. The van der Waals surface area contributed by atoms with E-state index in [-0.39, 0.29) is 0 Å². The summed E-state index contributed by atoms with van der Waals surface area (Å²) in [6, 6.07) is 69.7. The van der Waals surface area contributed by atoms with Gasteiger partial charge in [0.1, 0.15) is 13.1 Å². The lowest BCUT2D eigenvalue weighted by atomic mass is 9.84. The summed E-state index contributed by atoms with van der Waals surface area (Å²) in [6.07, 6.45) is 0. The van der Waals surface area contributed by atoms with E-state index in [0.717, 1.165) is 22.1 Å². The topological polar surface area (TPSA) is 0 Å². The van der Waals surface area contributed by atoms with Crippen LogP contribution >= 0.6 is 0 Å². The zero-order chi connectivity index (χ0) is 47.5. The molecule has 0 spiro atoms. The van der Waals surface area contributed by atoms with Crippen molar-refractivity contribution in [3.05, 3.63) is 215 Å². The zero-order valence-corrected chi connectivity index (χ0v) is 41.6. The molecule has 2 nitrogen and oxygen atoms in total. The van der Waals surface area contributed by atoms with Crippen molar-refractivity contribution in [3.8, 4) is 44.5 Å². The summed E-state index contributed by atoms with van der Waals surface area (Å²) in [5.74, 6) is 0. The minimum absolute atomic E-state index is 0.826. The molecule has 0 heterocycles. The van der Waals surface area contributed by atoms with Crippen LogP contribution in [0.5, 0.6) is 0 Å². The van der Waals surface area contributed by atoms with E-state index in [1.165, 1.54) is 132 Å². The standard InChI is InChI=1S/C66H64N2/c1-43-21-26-55(37-45(43)3)62-46(4)38-61-54-33-34-56(42-68(8,9)10)60(40-54)59-39-53(25-22-44(59)2)58-36-35-57(48-27-23-47(24-28-48)41-67(5,6)7)63(49-17-13-11-14-18-49)64(58)51-29-31-52(32-30-51)65(61)66(62)50-19-15-12-16-20-50/h11-40H,41-42H2,1-10H3/q+2. The first-order chi connectivity index (χ1) is 32.6. The molecule has 0 saturated carbocycles. The van der Waals surface area contributed by atoms with Crippen molar-refractivity contribution in [2.45, 2.75) is 40.8 Å². The van der Waals surface area contributed by atoms with Crippen LogP contribution in [0.25, 0.3) is 98.4 Å². The van der Waals surface area contributed by atoms with Crippen molar-refractivity contribution in [1.82, 2.24) is 0 Å². The number of hydrogen-bond donors (Lipinski definition) is 0. The van der Waals surface area contributed by atoms with Crippen molar-refractivity contribution in [2.24, 2.45) is 0 Å². The van der Waals surface area contributed by atoms with Crippen LogP contribution in [0.2, 0.25) is 0 Å². The van der Waals surface area contributed by atoms with Crippen LogP contribution in [-0.2, 0) is 13.1 Å². The lowest BCUT2D eigenvalue weighted by Crippen LogP contribution is -2.33. The highest BCUT2D eigenvalue weighted by atomic mass is 15.3. The molecular weight excluding hydrogens is 821 g/mol. The average Bonchev–Trinajstić information content (AvgIpc) is 3.32. The zero-order valence-electron chi connectivity index (χ0n) is 41.6. The molecule has 0 aliphatic rings. The van der Waals surface area contributed by atoms with E-state index < -0.39 is 0 Å². The summed E-state index contributed by atoms with van der Waals surface area (Å²) in [5, 5.41) is 12.4. The summed E-state index contributed by atoms with van der Waals surface area (Å²) >= 11 is 0. The van der Waals surface area contributed by atoms with Gasteiger partial charge in [-0.3, -0.25) is 0 Å². The molecule has 0 amide bonds.